The summed E-state index contributed by atoms with van der Waals surface area (Å²) in [5, 5.41) is 11.8. The summed E-state index contributed by atoms with van der Waals surface area (Å²) in [6.45, 7) is 3.79. The molecule has 2 rings (SSSR count). The SMILES string of the molecule is Cc1cc(C)cc(N(C(=O)O)N(C(N)=O)C2CCCCC2)c1. The third-order valence-electron chi connectivity index (χ3n) is 3.99. The molecular formula is C16H23N3O3. The van der Waals surface area contributed by atoms with Gasteiger partial charge in [0.2, 0.25) is 0 Å². The molecule has 3 N–H and O–H groups in total. The lowest BCUT2D eigenvalue weighted by atomic mass is 9.95. The molecule has 0 saturated heterocycles. The summed E-state index contributed by atoms with van der Waals surface area (Å²) < 4.78 is 0. The summed E-state index contributed by atoms with van der Waals surface area (Å²) in [5.74, 6) is 0. The van der Waals surface area contributed by atoms with E-state index in [4.69, 9.17) is 5.73 Å². The Kier molecular flexibility index (Phi) is 4.90. The molecule has 3 amide bonds. The number of amides is 3. The number of primary amides is 1. The van der Waals surface area contributed by atoms with Crippen LogP contribution in [0.1, 0.15) is 43.2 Å². The van der Waals surface area contributed by atoms with Gasteiger partial charge < -0.3 is 10.8 Å². The molecule has 0 atom stereocenters. The first-order chi connectivity index (χ1) is 10.4. The van der Waals surface area contributed by atoms with Crippen molar-refractivity contribution in [1.82, 2.24) is 5.01 Å². The van der Waals surface area contributed by atoms with Gasteiger partial charge in [-0.15, -0.1) is 0 Å². The third-order valence-corrected chi connectivity index (χ3v) is 3.99. The number of nitrogens with zero attached hydrogens (tertiary/aromatic N) is 2. The van der Waals surface area contributed by atoms with Crippen molar-refractivity contribution in [2.24, 2.45) is 5.73 Å². The zero-order valence-electron chi connectivity index (χ0n) is 13.1. The number of benzene rings is 1. The quantitative estimate of drug-likeness (QED) is 0.821. The summed E-state index contributed by atoms with van der Waals surface area (Å²) in [6, 6.07) is 4.56. The maximum atomic E-state index is 11.9. The standard InChI is InChI=1S/C16H23N3O3/c1-11-8-12(2)10-14(9-11)19(16(21)22)18(15(17)20)13-6-4-3-5-7-13/h8-10,13H,3-7H2,1-2H3,(H2,17,20)(H,21,22). The van der Waals surface area contributed by atoms with Crippen molar-refractivity contribution in [3.8, 4) is 0 Å². The first-order valence-electron chi connectivity index (χ1n) is 7.60. The van der Waals surface area contributed by atoms with Crippen molar-refractivity contribution in [1.29, 1.82) is 0 Å². The van der Waals surface area contributed by atoms with E-state index in [1.807, 2.05) is 19.9 Å². The number of urea groups is 1. The number of carbonyl (C=O) groups excluding carboxylic acids is 1. The van der Waals surface area contributed by atoms with Crippen LogP contribution in [-0.4, -0.2) is 28.3 Å². The van der Waals surface area contributed by atoms with Crippen LogP contribution in [0.3, 0.4) is 0 Å². The predicted molar refractivity (Wildman–Crippen MR) is 84.7 cm³/mol. The van der Waals surface area contributed by atoms with Gasteiger partial charge in [-0.05, 0) is 49.9 Å². The summed E-state index contributed by atoms with van der Waals surface area (Å²) in [7, 11) is 0. The fourth-order valence-corrected chi connectivity index (χ4v) is 3.17. The third kappa shape index (κ3) is 3.50. The van der Waals surface area contributed by atoms with Crippen molar-refractivity contribution in [2.45, 2.75) is 52.0 Å². The second kappa shape index (κ2) is 6.68. The van der Waals surface area contributed by atoms with E-state index < -0.39 is 12.1 Å². The number of hydrogen-bond acceptors (Lipinski definition) is 2. The minimum absolute atomic E-state index is 0.164. The zero-order chi connectivity index (χ0) is 16.3. The monoisotopic (exact) mass is 305 g/mol. The minimum atomic E-state index is -1.20. The highest BCUT2D eigenvalue weighted by Gasteiger charge is 2.33. The molecule has 120 valence electrons. The first-order valence-corrected chi connectivity index (χ1v) is 7.60. The van der Waals surface area contributed by atoms with Gasteiger partial charge in [0.25, 0.3) is 0 Å². The predicted octanol–water partition coefficient (Wildman–Crippen LogP) is 3.42. The average molecular weight is 305 g/mol. The fraction of sp³-hybridized carbons (Fsp3) is 0.500. The number of carboxylic acid groups (broad SMARTS) is 1. The van der Waals surface area contributed by atoms with Crippen LogP contribution in [0.4, 0.5) is 15.3 Å². The Labute approximate surface area is 130 Å². The Morgan fingerprint density at radius 2 is 1.64 bits per heavy atom. The van der Waals surface area contributed by atoms with Crippen molar-refractivity contribution < 1.29 is 14.7 Å². The van der Waals surface area contributed by atoms with Crippen LogP contribution >= 0.6 is 0 Å². The van der Waals surface area contributed by atoms with Gasteiger partial charge in [-0.3, -0.25) is 0 Å². The molecule has 22 heavy (non-hydrogen) atoms. The molecule has 6 nitrogen and oxygen atoms in total. The normalized spacial score (nSPS) is 15.4. The lowest BCUT2D eigenvalue weighted by molar-refractivity contribution is 0.137. The van der Waals surface area contributed by atoms with Gasteiger partial charge in [0.15, 0.2) is 0 Å². The Balaban J connectivity index is 2.42. The Bertz CT molecular complexity index is 548. The zero-order valence-corrected chi connectivity index (χ0v) is 13.1. The van der Waals surface area contributed by atoms with E-state index in [1.165, 1.54) is 5.01 Å². The van der Waals surface area contributed by atoms with Gasteiger partial charge in [-0.1, -0.05) is 25.3 Å². The smallest absolute Gasteiger partial charge is 0.431 e. The second-order valence-corrected chi connectivity index (χ2v) is 5.91. The van der Waals surface area contributed by atoms with Crippen LogP contribution in [0, 0.1) is 13.8 Å². The van der Waals surface area contributed by atoms with E-state index >= 15 is 0 Å². The molecule has 1 fully saturated rings. The molecule has 0 heterocycles. The Morgan fingerprint density at radius 3 is 2.09 bits per heavy atom. The van der Waals surface area contributed by atoms with Crippen molar-refractivity contribution in [3.05, 3.63) is 29.3 Å². The van der Waals surface area contributed by atoms with Gasteiger partial charge in [0.05, 0.1) is 11.7 Å². The van der Waals surface area contributed by atoms with Crippen LogP contribution in [0.25, 0.3) is 0 Å². The van der Waals surface area contributed by atoms with Gasteiger partial charge in [-0.2, -0.15) is 5.01 Å². The molecular weight excluding hydrogens is 282 g/mol. The number of aryl methyl sites for hydroxylation is 2. The van der Waals surface area contributed by atoms with E-state index in [-0.39, 0.29) is 6.04 Å². The van der Waals surface area contributed by atoms with Crippen molar-refractivity contribution >= 4 is 17.8 Å². The highest BCUT2D eigenvalue weighted by molar-refractivity contribution is 5.90. The van der Waals surface area contributed by atoms with Gasteiger partial charge in [0.1, 0.15) is 0 Å². The summed E-state index contributed by atoms with van der Waals surface area (Å²) in [6.07, 6.45) is 3.42. The number of nitrogens with two attached hydrogens (primary N) is 1. The molecule has 1 saturated carbocycles. The topological polar surface area (TPSA) is 86.9 Å². The number of anilines is 1. The number of hydrogen-bond donors (Lipinski definition) is 2. The summed E-state index contributed by atoms with van der Waals surface area (Å²) >= 11 is 0. The first kappa shape index (κ1) is 16.1. The molecule has 1 aliphatic carbocycles. The minimum Gasteiger partial charge on any atom is -0.463 e. The lowest BCUT2D eigenvalue weighted by Crippen LogP contribution is -2.57. The molecule has 0 radical (unpaired) electrons. The van der Waals surface area contributed by atoms with Gasteiger partial charge >= 0.3 is 12.1 Å². The molecule has 1 aromatic carbocycles. The van der Waals surface area contributed by atoms with E-state index in [0.29, 0.717) is 5.69 Å². The van der Waals surface area contributed by atoms with Crippen LogP contribution in [0.2, 0.25) is 0 Å². The Hall–Kier alpha value is -2.24. The van der Waals surface area contributed by atoms with Crippen molar-refractivity contribution in [3.63, 3.8) is 0 Å². The fourth-order valence-electron chi connectivity index (χ4n) is 3.17. The highest BCUT2D eigenvalue weighted by Crippen LogP contribution is 2.28. The molecule has 0 bridgehead atoms. The highest BCUT2D eigenvalue weighted by atomic mass is 16.4. The second-order valence-electron chi connectivity index (χ2n) is 5.91. The van der Waals surface area contributed by atoms with Crippen LogP contribution in [0.5, 0.6) is 0 Å². The number of hydrazine groups is 1. The van der Waals surface area contributed by atoms with Crippen LogP contribution in [0.15, 0.2) is 18.2 Å². The molecule has 0 unspecified atom stereocenters. The van der Waals surface area contributed by atoms with E-state index in [2.05, 4.69) is 0 Å². The van der Waals surface area contributed by atoms with Crippen molar-refractivity contribution in [2.75, 3.05) is 5.01 Å². The summed E-state index contributed by atoms with van der Waals surface area (Å²) in [4.78, 5) is 23.7. The van der Waals surface area contributed by atoms with E-state index in [1.54, 1.807) is 12.1 Å². The average Bonchev–Trinajstić information content (AvgIpc) is 2.43. The maximum Gasteiger partial charge on any atom is 0.431 e. The molecule has 0 aromatic heterocycles. The number of rotatable bonds is 2. The molecule has 1 aromatic rings. The van der Waals surface area contributed by atoms with Crippen LogP contribution in [-0.2, 0) is 0 Å². The molecule has 6 heteroatoms. The lowest BCUT2D eigenvalue weighted by Gasteiger charge is -2.39. The van der Waals surface area contributed by atoms with E-state index in [0.717, 1.165) is 48.2 Å². The van der Waals surface area contributed by atoms with Gasteiger partial charge in [-0.25, -0.2) is 14.6 Å². The van der Waals surface area contributed by atoms with Crippen LogP contribution < -0.4 is 10.7 Å². The van der Waals surface area contributed by atoms with E-state index in [9.17, 15) is 14.7 Å². The number of carbonyl (C=O) groups is 2. The summed E-state index contributed by atoms with van der Waals surface area (Å²) in [5.41, 5.74) is 7.83. The maximum absolute atomic E-state index is 11.9. The van der Waals surface area contributed by atoms with Gasteiger partial charge in [0, 0.05) is 0 Å². The largest absolute Gasteiger partial charge is 0.463 e. The molecule has 1 aliphatic rings. The molecule has 0 aliphatic heterocycles. The molecule has 0 spiro atoms. The Morgan fingerprint density at radius 1 is 1.09 bits per heavy atom.